The van der Waals surface area contributed by atoms with Crippen LogP contribution in [0.1, 0.15) is 22.3 Å². The van der Waals surface area contributed by atoms with E-state index >= 15 is 0 Å². The number of amides is 2. The normalized spacial score (nSPS) is 10.1. The van der Waals surface area contributed by atoms with Gasteiger partial charge in [-0.1, -0.05) is 24.3 Å². The van der Waals surface area contributed by atoms with E-state index in [2.05, 4.69) is 5.32 Å². The molecule has 1 N–H and O–H groups in total. The Balaban J connectivity index is 1.94. The van der Waals surface area contributed by atoms with Crippen molar-refractivity contribution in [1.29, 1.82) is 0 Å². The van der Waals surface area contributed by atoms with Gasteiger partial charge in [0, 0.05) is 20.5 Å². The number of hydrogen-bond donors (Lipinski definition) is 1. The van der Waals surface area contributed by atoms with Gasteiger partial charge in [0.15, 0.2) is 6.61 Å². The summed E-state index contributed by atoms with van der Waals surface area (Å²) < 4.78 is 10.1. The molecule has 0 saturated heterocycles. The number of nitrogens with zero attached hydrogens (tertiary/aromatic N) is 1. The van der Waals surface area contributed by atoms with Crippen molar-refractivity contribution in [2.45, 2.75) is 12.8 Å². The molecule has 28 heavy (non-hydrogen) atoms. The molecule has 0 aliphatic rings. The van der Waals surface area contributed by atoms with Crippen LogP contribution in [0.4, 0.5) is 5.69 Å². The summed E-state index contributed by atoms with van der Waals surface area (Å²) in [7, 11) is 4.75. The maximum Gasteiger partial charge on any atom is 0.340 e. The van der Waals surface area contributed by atoms with E-state index in [1.54, 1.807) is 45.5 Å². The molecule has 0 aliphatic heterocycles. The van der Waals surface area contributed by atoms with Crippen molar-refractivity contribution in [3.8, 4) is 5.75 Å². The highest BCUT2D eigenvalue weighted by molar-refractivity contribution is 6.01. The zero-order chi connectivity index (χ0) is 20.5. The quantitative estimate of drug-likeness (QED) is 0.707. The van der Waals surface area contributed by atoms with Crippen LogP contribution in [0.3, 0.4) is 0 Å². The van der Waals surface area contributed by atoms with Gasteiger partial charge in [-0.25, -0.2) is 4.79 Å². The number of rotatable bonds is 8. The Bertz CT molecular complexity index is 831. The van der Waals surface area contributed by atoms with Crippen molar-refractivity contribution >= 4 is 23.5 Å². The Kier molecular flexibility index (Phi) is 7.56. The second kappa shape index (κ2) is 10.1. The van der Waals surface area contributed by atoms with Crippen LogP contribution in [0, 0.1) is 0 Å². The molecule has 148 valence electrons. The van der Waals surface area contributed by atoms with E-state index in [0.717, 1.165) is 11.3 Å². The van der Waals surface area contributed by atoms with E-state index in [-0.39, 0.29) is 30.4 Å². The number of hydrogen-bond acceptors (Lipinski definition) is 5. The molecular formula is C21H24N2O5. The lowest BCUT2D eigenvalue weighted by molar-refractivity contribution is -0.132. The number of ether oxygens (including phenoxy) is 2. The summed E-state index contributed by atoms with van der Waals surface area (Å²) in [5.41, 5.74) is 1.56. The summed E-state index contributed by atoms with van der Waals surface area (Å²) in [6.07, 6.45) is 0.814. The molecule has 2 aromatic rings. The number of aryl methyl sites for hydroxylation is 1. The van der Waals surface area contributed by atoms with Gasteiger partial charge in [-0.15, -0.1) is 0 Å². The molecule has 7 heteroatoms. The van der Waals surface area contributed by atoms with Crippen LogP contribution < -0.4 is 10.1 Å². The van der Waals surface area contributed by atoms with Crippen LogP contribution >= 0.6 is 0 Å². The third kappa shape index (κ3) is 6.12. The minimum absolute atomic E-state index is 0.201. The molecular weight excluding hydrogens is 360 g/mol. The number of esters is 1. The number of nitrogens with one attached hydrogen (secondary N) is 1. The average molecular weight is 384 g/mol. The molecule has 0 spiro atoms. The van der Waals surface area contributed by atoms with Crippen LogP contribution in [0.2, 0.25) is 0 Å². The molecule has 7 nitrogen and oxygen atoms in total. The van der Waals surface area contributed by atoms with E-state index < -0.39 is 5.97 Å². The van der Waals surface area contributed by atoms with E-state index in [9.17, 15) is 14.4 Å². The first-order chi connectivity index (χ1) is 13.4. The van der Waals surface area contributed by atoms with Crippen molar-refractivity contribution < 1.29 is 23.9 Å². The fourth-order valence-electron chi connectivity index (χ4n) is 2.37. The lowest BCUT2D eigenvalue weighted by atomic mass is 10.1. The smallest absolute Gasteiger partial charge is 0.340 e. The molecule has 0 unspecified atom stereocenters. The highest BCUT2D eigenvalue weighted by Gasteiger charge is 2.16. The Morgan fingerprint density at radius 2 is 1.68 bits per heavy atom. The Labute approximate surface area is 164 Å². The maximum atomic E-state index is 12.3. The van der Waals surface area contributed by atoms with Gasteiger partial charge in [0.25, 0.3) is 5.91 Å². The largest absolute Gasteiger partial charge is 0.497 e. The van der Waals surface area contributed by atoms with Crippen molar-refractivity contribution in [1.82, 2.24) is 4.90 Å². The molecule has 0 aliphatic carbocycles. The van der Waals surface area contributed by atoms with Crippen LogP contribution in [-0.4, -0.2) is 50.5 Å². The first-order valence-corrected chi connectivity index (χ1v) is 8.79. The SMILES string of the molecule is COc1ccc(CCC(=O)Nc2ccccc2C(=O)OCC(=O)N(C)C)cc1. The van der Waals surface area contributed by atoms with E-state index in [1.807, 2.05) is 24.3 Å². The fraction of sp³-hybridized carbons (Fsp3) is 0.286. The Hall–Kier alpha value is -3.35. The van der Waals surface area contributed by atoms with E-state index in [0.29, 0.717) is 12.1 Å². The first-order valence-electron chi connectivity index (χ1n) is 8.79. The number of para-hydroxylation sites is 1. The Morgan fingerprint density at radius 3 is 2.32 bits per heavy atom. The number of methoxy groups -OCH3 is 1. The number of anilines is 1. The summed E-state index contributed by atoms with van der Waals surface area (Å²) in [6.45, 7) is -0.356. The summed E-state index contributed by atoms with van der Waals surface area (Å²) in [5.74, 6) is -0.454. The Morgan fingerprint density at radius 1 is 1.00 bits per heavy atom. The van der Waals surface area contributed by atoms with Crippen LogP contribution in [0.25, 0.3) is 0 Å². The molecule has 0 heterocycles. The van der Waals surface area contributed by atoms with Gasteiger partial charge < -0.3 is 19.7 Å². The number of carbonyl (C=O) groups is 3. The van der Waals surface area contributed by atoms with Gasteiger partial charge in [0.05, 0.1) is 18.4 Å². The third-order valence-corrected chi connectivity index (χ3v) is 4.05. The van der Waals surface area contributed by atoms with E-state index in [4.69, 9.17) is 9.47 Å². The zero-order valence-electron chi connectivity index (χ0n) is 16.2. The third-order valence-electron chi connectivity index (χ3n) is 4.05. The molecule has 0 atom stereocenters. The van der Waals surface area contributed by atoms with Crippen molar-refractivity contribution in [3.63, 3.8) is 0 Å². The molecule has 2 aromatic carbocycles. The maximum absolute atomic E-state index is 12.3. The molecule has 2 amide bonds. The molecule has 0 aromatic heterocycles. The van der Waals surface area contributed by atoms with Crippen LogP contribution in [-0.2, 0) is 20.7 Å². The number of benzene rings is 2. The summed E-state index contributed by atoms with van der Waals surface area (Å²) in [5, 5.41) is 2.73. The number of likely N-dealkylation sites (N-methyl/N-ethyl adjacent to an activating group) is 1. The highest BCUT2D eigenvalue weighted by atomic mass is 16.5. The van der Waals surface area contributed by atoms with Gasteiger partial charge in [-0.05, 0) is 36.2 Å². The van der Waals surface area contributed by atoms with Gasteiger partial charge >= 0.3 is 5.97 Å². The highest BCUT2D eigenvalue weighted by Crippen LogP contribution is 2.17. The molecule has 2 rings (SSSR count). The molecule has 0 radical (unpaired) electrons. The van der Waals surface area contributed by atoms with Gasteiger partial charge in [0.2, 0.25) is 5.91 Å². The lowest BCUT2D eigenvalue weighted by Gasteiger charge is -2.13. The molecule has 0 bridgehead atoms. The topological polar surface area (TPSA) is 84.9 Å². The molecule has 0 fully saturated rings. The standard InChI is InChI=1S/C21H24N2O5/c1-23(2)20(25)14-28-21(26)17-6-4-5-7-18(17)22-19(24)13-10-15-8-11-16(27-3)12-9-15/h4-9,11-12H,10,13-14H2,1-3H3,(H,22,24). The van der Waals surface area contributed by atoms with E-state index in [1.165, 1.54) is 4.90 Å². The predicted molar refractivity (Wildman–Crippen MR) is 105 cm³/mol. The first kappa shape index (κ1) is 21.0. The van der Waals surface area contributed by atoms with Crippen LogP contribution in [0.5, 0.6) is 5.75 Å². The second-order valence-corrected chi connectivity index (χ2v) is 6.31. The lowest BCUT2D eigenvalue weighted by Crippen LogP contribution is -2.27. The molecule has 0 saturated carbocycles. The monoisotopic (exact) mass is 384 g/mol. The van der Waals surface area contributed by atoms with Gasteiger partial charge in [-0.3, -0.25) is 9.59 Å². The van der Waals surface area contributed by atoms with Crippen LogP contribution in [0.15, 0.2) is 48.5 Å². The predicted octanol–water partition coefficient (Wildman–Crippen LogP) is 2.51. The van der Waals surface area contributed by atoms with Crippen molar-refractivity contribution in [3.05, 3.63) is 59.7 Å². The van der Waals surface area contributed by atoms with Crippen molar-refractivity contribution in [2.24, 2.45) is 0 Å². The zero-order valence-corrected chi connectivity index (χ0v) is 16.2. The summed E-state index contributed by atoms with van der Waals surface area (Å²) in [4.78, 5) is 37.5. The number of carbonyl (C=O) groups excluding carboxylic acids is 3. The average Bonchev–Trinajstić information content (AvgIpc) is 2.70. The second-order valence-electron chi connectivity index (χ2n) is 6.31. The summed E-state index contributed by atoms with van der Waals surface area (Å²) in [6, 6.07) is 14.0. The van der Waals surface area contributed by atoms with Gasteiger partial charge in [-0.2, -0.15) is 0 Å². The summed E-state index contributed by atoms with van der Waals surface area (Å²) >= 11 is 0. The van der Waals surface area contributed by atoms with Gasteiger partial charge in [0.1, 0.15) is 5.75 Å². The fourth-order valence-corrected chi connectivity index (χ4v) is 2.37. The minimum atomic E-state index is -0.666. The minimum Gasteiger partial charge on any atom is -0.497 e. The van der Waals surface area contributed by atoms with Crippen molar-refractivity contribution in [2.75, 3.05) is 33.1 Å².